The average molecular weight is 248 g/mol. The highest BCUT2D eigenvalue weighted by Gasteiger charge is 2.26. The van der Waals surface area contributed by atoms with Gasteiger partial charge >= 0.3 is 5.97 Å². The Morgan fingerprint density at radius 2 is 2.00 bits per heavy atom. The Kier molecular flexibility index (Phi) is 3.34. The van der Waals surface area contributed by atoms with Crippen LogP contribution in [0, 0.1) is 0 Å². The Morgan fingerprint density at radius 3 is 2.67 bits per heavy atom. The standard InChI is InChI=1S/C13H16N2O3/c1-15(12(16)11(14)13(17)18)10-6-5-8-3-2-4-9(8)7-10/h5-7,11H,2-4,14H2,1H3,(H,17,18). The molecule has 5 nitrogen and oxygen atoms in total. The van der Waals surface area contributed by atoms with Gasteiger partial charge in [0, 0.05) is 12.7 Å². The van der Waals surface area contributed by atoms with E-state index in [4.69, 9.17) is 10.8 Å². The number of anilines is 1. The molecule has 0 saturated carbocycles. The molecule has 1 aliphatic rings. The van der Waals surface area contributed by atoms with Gasteiger partial charge in [0.25, 0.3) is 5.91 Å². The summed E-state index contributed by atoms with van der Waals surface area (Å²) in [5.74, 6) is -1.92. The van der Waals surface area contributed by atoms with Crippen molar-refractivity contribution in [3.05, 3.63) is 29.3 Å². The van der Waals surface area contributed by atoms with Gasteiger partial charge in [0.1, 0.15) is 0 Å². The first kappa shape index (κ1) is 12.6. The Bertz CT molecular complexity index is 499. The lowest BCUT2D eigenvalue weighted by Crippen LogP contribution is -2.46. The summed E-state index contributed by atoms with van der Waals surface area (Å²) < 4.78 is 0. The van der Waals surface area contributed by atoms with Crippen LogP contribution >= 0.6 is 0 Å². The third-order valence-electron chi connectivity index (χ3n) is 3.33. The molecule has 1 aliphatic carbocycles. The second-order valence-electron chi connectivity index (χ2n) is 4.52. The van der Waals surface area contributed by atoms with E-state index in [-0.39, 0.29) is 0 Å². The molecule has 2 rings (SSSR count). The number of benzene rings is 1. The van der Waals surface area contributed by atoms with E-state index in [1.165, 1.54) is 16.0 Å². The van der Waals surface area contributed by atoms with Gasteiger partial charge in [-0.2, -0.15) is 0 Å². The lowest BCUT2D eigenvalue weighted by Gasteiger charge is -2.20. The quantitative estimate of drug-likeness (QED) is 0.765. The molecule has 0 heterocycles. The second kappa shape index (κ2) is 4.78. The number of hydrogen-bond acceptors (Lipinski definition) is 3. The van der Waals surface area contributed by atoms with Crippen molar-refractivity contribution in [3.63, 3.8) is 0 Å². The number of rotatable bonds is 3. The zero-order chi connectivity index (χ0) is 13.3. The van der Waals surface area contributed by atoms with E-state index in [0.29, 0.717) is 5.69 Å². The number of carboxylic acid groups (broad SMARTS) is 1. The summed E-state index contributed by atoms with van der Waals surface area (Å²) in [6.45, 7) is 0. The van der Waals surface area contributed by atoms with Gasteiger partial charge in [0.15, 0.2) is 6.04 Å². The fraction of sp³-hybridized carbons (Fsp3) is 0.385. The molecule has 0 radical (unpaired) electrons. The Morgan fingerprint density at radius 1 is 1.33 bits per heavy atom. The second-order valence-corrected chi connectivity index (χ2v) is 4.52. The molecule has 0 aliphatic heterocycles. The molecule has 1 amide bonds. The minimum Gasteiger partial charge on any atom is -0.480 e. The SMILES string of the molecule is CN(C(=O)C(N)C(=O)O)c1ccc2c(c1)CCC2. The van der Waals surface area contributed by atoms with Crippen molar-refractivity contribution in [1.29, 1.82) is 0 Å². The maximum absolute atomic E-state index is 11.8. The molecule has 1 aromatic rings. The van der Waals surface area contributed by atoms with Gasteiger partial charge in [0.2, 0.25) is 0 Å². The third kappa shape index (κ3) is 2.22. The first-order valence-electron chi connectivity index (χ1n) is 5.88. The van der Waals surface area contributed by atoms with E-state index in [9.17, 15) is 9.59 Å². The topological polar surface area (TPSA) is 83.6 Å². The number of hydrogen-bond donors (Lipinski definition) is 2. The summed E-state index contributed by atoms with van der Waals surface area (Å²) in [5.41, 5.74) is 8.55. The zero-order valence-electron chi connectivity index (χ0n) is 10.2. The molecular weight excluding hydrogens is 232 g/mol. The summed E-state index contributed by atoms with van der Waals surface area (Å²) >= 11 is 0. The van der Waals surface area contributed by atoms with Crippen LogP contribution < -0.4 is 10.6 Å². The fourth-order valence-electron chi connectivity index (χ4n) is 2.21. The van der Waals surface area contributed by atoms with Crippen LogP contribution in [-0.4, -0.2) is 30.1 Å². The van der Waals surface area contributed by atoms with Gasteiger partial charge in [-0.3, -0.25) is 4.79 Å². The van der Waals surface area contributed by atoms with Crippen molar-refractivity contribution in [2.45, 2.75) is 25.3 Å². The molecule has 0 spiro atoms. The first-order valence-corrected chi connectivity index (χ1v) is 5.88. The highest BCUT2D eigenvalue weighted by Crippen LogP contribution is 2.26. The number of carbonyl (C=O) groups excluding carboxylic acids is 1. The normalized spacial score (nSPS) is 15.0. The minimum atomic E-state index is -1.51. The predicted molar refractivity (Wildman–Crippen MR) is 67.5 cm³/mol. The van der Waals surface area contributed by atoms with Crippen molar-refractivity contribution in [2.24, 2.45) is 5.73 Å². The molecule has 0 aromatic heterocycles. The number of nitrogens with zero attached hydrogens (tertiary/aromatic N) is 1. The van der Waals surface area contributed by atoms with Crippen LogP contribution in [0.3, 0.4) is 0 Å². The molecule has 3 N–H and O–H groups in total. The predicted octanol–water partition coefficient (Wildman–Crippen LogP) is 0.550. The number of carboxylic acids is 1. The molecule has 96 valence electrons. The van der Waals surface area contributed by atoms with Crippen LogP contribution in [0.15, 0.2) is 18.2 Å². The summed E-state index contributed by atoms with van der Waals surface area (Å²) in [6.07, 6.45) is 3.21. The van der Waals surface area contributed by atoms with Crippen LogP contribution in [0.2, 0.25) is 0 Å². The monoisotopic (exact) mass is 248 g/mol. The highest BCUT2D eigenvalue weighted by atomic mass is 16.4. The number of amides is 1. The average Bonchev–Trinajstić information content (AvgIpc) is 2.82. The number of carbonyl (C=O) groups is 2. The molecule has 0 saturated heterocycles. The van der Waals surface area contributed by atoms with Gasteiger partial charge in [-0.25, -0.2) is 4.79 Å². The zero-order valence-corrected chi connectivity index (χ0v) is 10.2. The number of aryl methyl sites for hydroxylation is 2. The number of aliphatic carboxylic acids is 1. The molecule has 18 heavy (non-hydrogen) atoms. The Labute approximate surface area is 105 Å². The minimum absolute atomic E-state index is 0.611. The van der Waals surface area contributed by atoms with Crippen LogP contribution in [0.1, 0.15) is 17.5 Å². The number of nitrogens with two attached hydrogens (primary N) is 1. The van der Waals surface area contributed by atoms with E-state index in [1.807, 2.05) is 18.2 Å². The summed E-state index contributed by atoms with van der Waals surface area (Å²) in [5, 5.41) is 8.73. The van der Waals surface area contributed by atoms with E-state index in [0.717, 1.165) is 19.3 Å². The Balaban J connectivity index is 2.21. The van der Waals surface area contributed by atoms with Crippen molar-refractivity contribution in [1.82, 2.24) is 0 Å². The summed E-state index contributed by atoms with van der Waals surface area (Å²) in [6, 6.07) is 4.25. The summed E-state index contributed by atoms with van der Waals surface area (Å²) in [7, 11) is 1.54. The lowest BCUT2D eigenvalue weighted by molar-refractivity contribution is -0.142. The maximum Gasteiger partial charge on any atom is 0.330 e. The van der Waals surface area contributed by atoms with Crippen molar-refractivity contribution < 1.29 is 14.7 Å². The molecule has 5 heteroatoms. The number of fused-ring (bicyclic) bond motifs is 1. The van der Waals surface area contributed by atoms with Crippen LogP contribution in [0.25, 0.3) is 0 Å². The molecule has 1 unspecified atom stereocenters. The van der Waals surface area contributed by atoms with Crippen molar-refractivity contribution in [3.8, 4) is 0 Å². The molecule has 0 bridgehead atoms. The largest absolute Gasteiger partial charge is 0.480 e. The van der Waals surface area contributed by atoms with E-state index < -0.39 is 17.9 Å². The molecule has 0 fully saturated rings. The van der Waals surface area contributed by atoms with E-state index in [2.05, 4.69) is 0 Å². The summed E-state index contributed by atoms with van der Waals surface area (Å²) in [4.78, 5) is 23.8. The first-order chi connectivity index (χ1) is 8.50. The van der Waals surface area contributed by atoms with Gasteiger partial charge in [-0.1, -0.05) is 6.07 Å². The van der Waals surface area contributed by atoms with Gasteiger partial charge in [-0.05, 0) is 42.5 Å². The van der Waals surface area contributed by atoms with Crippen molar-refractivity contribution in [2.75, 3.05) is 11.9 Å². The van der Waals surface area contributed by atoms with Gasteiger partial charge in [-0.15, -0.1) is 0 Å². The Hall–Kier alpha value is -1.88. The molecule has 1 aromatic carbocycles. The van der Waals surface area contributed by atoms with Crippen LogP contribution in [0.5, 0.6) is 0 Å². The fourth-order valence-corrected chi connectivity index (χ4v) is 2.21. The van der Waals surface area contributed by atoms with Crippen molar-refractivity contribution >= 4 is 17.6 Å². The van der Waals surface area contributed by atoms with Gasteiger partial charge in [0.05, 0.1) is 0 Å². The highest BCUT2D eigenvalue weighted by molar-refractivity contribution is 6.08. The van der Waals surface area contributed by atoms with Gasteiger partial charge < -0.3 is 15.7 Å². The molecule has 1 atom stereocenters. The van der Waals surface area contributed by atoms with E-state index >= 15 is 0 Å². The van der Waals surface area contributed by atoms with Crippen LogP contribution in [-0.2, 0) is 22.4 Å². The number of likely N-dealkylation sites (N-methyl/N-ethyl adjacent to an activating group) is 1. The smallest absolute Gasteiger partial charge is 0.330 e. The van der Waals surface area contributed by atoms with E-state index in [1.54, 1.807) is 7.05 Å². The van der Waals surface area contributed by atoms with Crippen LogP contribution in [0.4, 0.5) is 5.69 Å². The maximum atomic E-state index is 11.8. The third-order valence-corrected chi connectivity index (χ3v) is 3.33. The molecular formula is C13H16N2O3. The lowest BCUT2D eigenvalue weighted by atomic mass is 10.1.